The summed E-state index contributed by atoms with van der Waals surface area (Å²) in [4.78, 5) is 0. The minimum absolute atomic E-state index is 0.129. The van der Waals surface area contributed by atoms with Crippen LogP contribution in [-0.4, -0.2) is 48.7 Å². The van der Waals surface area contributed by atoms with E-state index in [1.807, 2.05) is 55.5 Å². The molecule has 0 heterocycles. The molecule has 2 aromatic rings. The van der Waals surface area contributed by atoms with Crippen LogP contribution in [0.5, 0.6) is 11.5 Å². The molecule has 0 aliphatic carbocycles. The average molecular weight is 492 g/mol. The van der Waals surface area contributed by atoms with Crippen molar-refractivity contribution in [2.75, 3.05) is 14.2 Å². The highest BCUT2D eigenvalue weighted by Crippen LogP contribution is 2.28. The van der Waals surface area contributed by atoms with E-state index in [1.165, 1.54) is 4.31 Å². The molecule has 0 fully saturated rings. The number of aliphatic hydroxyl groups excluding tert-OH is 1. The quantitative estimate of drug-likeness (QED) is 0.288. The summed E-state index contributed by atoms with van der Waals surface area (Å²) >= 11 is 0. The number of sulfonamides is 1. The Morgan fingerprint density at radius 1 is 0.912 bits per heavy atom. The Labute approximate surface area is 203 Å². The predicted molar refractivity (Wildman–Crippen MR) is 134 cm³/mol. The molecule has 2 aromatic carbocycles. The van der Waals surface area contributed by atoms with Crippen molar-refractivity contribution < 1.29 is 28.1 Å². The van der Waals surface area contributed by atoms with E-state index >= 15 is 0 Å². The standard InChI is InChI=1S/C26H37NO6S/c1-5-7-20(2)25(8-6-9-26(28)29)34(30,31)27(18-21-10-14-23(32-3)15-11-21)19-22-12-16-24(33-4)17-13-22/h5,10-17,20,25-26,28-29H,1,6-9,18-19H2,2-4H3/t20-,25-/m0/s1. The Kier molecular flexibility index (Phi) is 11.0. The topological polar surface area (TPSA) is 96.3 Å². The molecule has 0 aromatic heterocycles. The zero-order valence-corrected chi connectivity index (χ0v) is 21.1. The number of hydrogen-bond acceptors (Lipinski definition) is 6. The maximum atomic E-state index is 14.0. The molecule has 0 bridgehead atoms. The van der Waals surface area contributed by atoms with E-state index in [-0.39, 0.29) is 25.4 Å². The number of aliphatic hydroxyl groups is 2. The van der Waals surface area contributed by atoms with Gasteiger partial charge in [0.15, 0.2) is 6.29 Å². The monoisotopic (exact) mass is 491 g/mol. The summed E-state index contributed by atoms with van der Waals surface area (Å²) in [5.41, 5.74) is 1.69. The van der Waals surface area contributed by atoms with Crippen molar-refractivity contribution in [3.63, 3.8) is 0 Å². The molecule has 2 N–H and O–H groups in total. The van der Waals surface area contributed by atoms with Crippen LogP contribution in [0.4, 0.5) is 0 Å². The number of rotatable bonds is 15. The molecule has 0 unspecified atom stereocenters. The molecule has 8 heteroatoms. The van der Waals surface area contributed by atoms with E-state index in [2.05, 4.69) is 6.58 Å². The minimum atomic E-state index is -3.75. The third-order valence-corrected chi connectivity index (χ3v) is 8.35. The number of nitrogens with zero attached hydrogens (tertiary/aromatic N) is 1. The van der Waals surface area contributed by atoms with Crippen molar-refractivity contribution >= 4 is 10.0 Å². The molecule has 0 aliphatic rings. The summed E-state index contributed by atoms with van der Waals surface area (Å²) in [5.74, 6) is 1.23. The van der Waals surface area contributed by atoms with Gasteiger partial charge in [0.1, 0.15) is 11.5 Å². The minimum Gasteiger partial charge on any atom is -0.497 e. The summed E-state index contributed by atoms with van der Waals surface area (Å²) in [6, 6.07) is 14.7. The molecule has 0 aliphatic heterocycles. The van der Waals surface area contributed by atoms with Crippen LogP contribution in [0.1, 0.15) is 43.7 Å². The highest BCUT2D eigenvalue weighted by molar-refractivity contribution is 7.89. The van der Waals surface area contributed by atoms with E-state index in [1.54, 1.807) is 20.3 Å². The van der Waals surface area contributed by atoms with Gasteiger partial charge in [0.05, 0.1) is 19.5 Å². The fraction of sp³-hybridized carbons (Fsp3) is 0.462. The van der Waals surface area contributed by atoms with Crippen LogP contribution in [0.25, 0.3) is 0 Å². The first-order valence-corrected chi connectivity index (χ1v) is 12.9. The van der Waals surface area contributed by atoms with E-state index in [0.717, 1.165) is 11.1 Å². The van der Waals surface area contributed by atoms with E-state index in [4.69, 9.17) is 9.47 Å². The zero-order valence-electron chi connectivity index (χ0n) is 20.3. The van der Waals surface area contributed by atoms with Gasteiger partial charge in [-0.15, -0.1) is 6.58 Å². The first-order chi connectivity index (χ1) is 16.2. The maximum absolute atomic E-state index is 14.0. The molecular weight excluding hydrogens is 454 g/mol. The van der Waals surface area contributed by atoms with Crippen molar-refractivity contribution in [1.29, 1.82) is 0 Å². The van der Waals surface area contributed by atoms with E-state index < -0.39 is 21.6 Å². The highest BCUT2D eigenvalue weighted by atomic mass is 32.2. The van der Waals surface area contributed by atoms with Crippen LogP contribution in [0.15, 0.2) is 61.2 Å². The smallest absolute Gasteiger partial charge is 0.217 e. The molecule has 2 atom stereocenters. The molecule has 0 radical (unpaired) electrons. The normalized spacial score (nSPS) is 13.6. The number of hydrogen-bond donors (Lipinski definition) is 2. The lowest BCUT2D eigenvalue weighted by molar-refractivity contribution is -0.0466. The largest absolute Gasteiger partial charge is 0.497 e. The lowest BCUT2D eigenvalue weighted by atomic mass is 9.99. The first-order valence-electron chi connectivity index (χ1n) is 11.4. The Bertz CT molecular complexity index is 924. The van der Waals surface area contributed by atoms with Crippen LogP contribution in [-0.2, 0) is 23.1 Å². The van der Waals surface area contributed by atoms with Crippen molar-refractivity contribution in [3.8, 4) is 11.5 Å². The molecule has 2 rings (SSSR count). The molecule has 7 nitrogen and oxygen atoms in total. The van der Waals surface area contributed by atoms with Gasteiger partial charge in [0.25, 0.3) is 0 Å². The summed E-state index contributed by atoms with van der Waals surface area (Å²) in [6.45, 7) is 6.09. The van der Waals surface area contributed by atoms with Gasteiger partial charge in [-0.05, 0) is 67.0 Å². The number of ether oxygens (including phenoxy) is 2. The second-order valence-corrected chi connectivity index (χ2v) is 10.6. The number of allylic oxidation sites excluding steroid dienone is 1. The first kappa shape index (κ1) is 27.9. The molecule has 0 spiro atoms. The fourth-order valence-electron chi connectivity index (χ4n) is 3.94. The highest BCUT2D eigenvalue weighted by Gasteiger charge is 2.35. The van der Waals surface area contributed by atoms with Crippen LogP contribution in [0, 0.1) is 5.92 Å². The Morgan fingerprint density at radius 2 is 1.38 bits per heavy atom. The van der Waals surface area contributed by atoms with E-state index in [9.17, 15) is 18.6 Å². The molecule has 0 amide bonds. The Balaban J connectivity index is 2.39. The summed E-state index contributed by atoms with van der Waals surface area (Å²) in [7, 11) is -0.575. The van der Waals surface area contributed by atoms with Crippen molar-refractivity contribution in [1.82, 2.24) is 4.31 Å². The predicted octanol–water partition coefficient (Wildman–Crippen LogP) is 4.10. The average Bonchev–Trinajstić information content (AvgIpc) is 2.82. The molecule has 188 valence electrons. The van der Waals surface area contributed by atoms with Gasteiger partial charge < -0.3 is 19.7 Å². The SMILES string of the molecule is C=CC[C@H](C)[C@H](CCCC(O)O)S(=O)(=O)N(Cc1ccc(OC)cc1)Cc1ccc(OC)cc1. The van der Waals surface area contributed by atoms with Gasteiger partial charge >= 0.3 is 0 Å². The molecule has 34 heavy (non-hydrogen) atoms. The third kappa shape index (κ3) is 8.13. The molecule has 0 saturated carbocycles. The lowest BCUT2D eigenvalue weighted by Gasteiger charge is -2.31. The van der Waals surface area contributed by atoms with Crippen molar-refractivity contribution in [3.05, 3.63) is 72.3 Å². The fourth-order valence-corrected chi connectivity index (χ4v) is 6.14. The number of methoxy groups -OCH3 is 2. The second-order valence-electron chi connectivity index (χ2n) is 8.46. The third-order valence-electron chi connectivity index (χ3n) is 5.90. The maximum Gasteiger partial charge on any atom is 0.217 e. The Hall–Kier alpha value is -2.39. The van der Waals surface area contributed by atoms with Gasteiger partial charge in [-0.3, -0.25) is 0 Å². The lowest BCUT2D eigenvalue weighted by Crippen LogP contribution is -2.41. The van der Waals surface area contributed by atoms with Gasteiger partial charge in [-0.2, -0.15) is 4.31 Å². The second kappa shape index (κ2) is 13.5. The van der Waals surface area contributed by atoms with Crippen LogP contribution in [0.3, 0.4) is 0 Å². The van der Waals surface area contributed by atoms with Crippen molar-refractivity contribution in [2.45, 2.75) is 57.2 Å². The number of benzene rings is 2. The molecular formula is C26H37NO6S. The van der Waals surface area contributed by atoms with Gasteiger partial charge in [0, 0.05) is 13.1 Å². The van der Waals surface area contributed by atoms with Gasteiger partial charge in [-0.1, -0.05) is 37.3 Å². The van der Waals surface area contributed by atoms with Crippen LogP contribution in [0.2, 0.25) is 0 Å². The van der Waals surface area contributed by atoms with Gasteiger partial charge in [-0.25, -0.2) is 8.42 Å². The Morgan fingerprint density at radius 3 is 1.76 bits per heavy atom. The zero-order chi connectivity index (χ0) is 25.1. The van der Waals surface area contributed by atoms with Crippen LogP contribution < -0.4 is 9.47 Å². The summed E-state index contributed by atoms with van der Waals surface area (Å²) in [5, 5.41) is 17.8. The van der Waals surface area contributed by atoms with Crippen LogP contribution >= 0.6 is 0 Å². The van der Waals surface area contributed by atoms with Gasteiger partial charge in [0.2, 0.25) is 10.0 Å². The van der Waals surface area contributed by atoms with Crippen molar-refractivity contribution in [2.24, 2.45) is 5.92 Å². The summed E-state index contributed by atoms with van der Waals surface area (Å²) in [6.07, 6.45) is 1.67. The van der Waals surface area contributed by atoms with E-state index in [0.29, 0.717) is 30.8 Å². The molecule has 0 saturated heterocycles. The summed E-state index contributed by atoms with van der Waals surface area (Å²) < 4.78 is 40.0.